The molecule has 2 aromatic rings. The molecule has 2 N–H and O–H groups in total. The van der Waals surface area contributed by atoms with Crippen molar-refractivity contribution in [1.29, 1.82) is 0 Å². The number of imidazole rings is 1. The molecule has 9 heteroatoms. The van der Waals surface area contributed by atoms with Crippen LogP contribution in [-0.2, 0) is 9.53 Å². The molecule has 1 aliphatic rings. The maximum absolute atomic E-state index is 13.2. The molecule has 162 valence electrons. The molecule has 0 unspecified atom stereocenters. The fraction of sp³-hybridized carbons (Fsp3) is 0.476. The molecule has 3 rings (SSSR count). The third-order valence-electron chi connectivity index (χ3n) is 5.29. The van der Waals surface area contributed by atoms with Gasteiger partial charge in [-0.2, -0.15) is 0 Å². The fourth-order valence-corrected chi connectivity index (χ4v) is 4.06. The van der Waals surface area contributed by atoms with Gasteiger partial charge in [0.15, 0.2) is 0 Å². The minimum absolute atomic E-state index is 0.0722. The number of nitrogens with one attached hydrogen (secondary N) is 2. The first-order valence-electron chi connectivity index (χ1n) is 9.89. The van der Waals surface area contributed by atoms with Crippen LogP contribution in [0.25, 0.3) is 11.3 Å². The number of rotatable bonds is 6. The minimum Gasteiger partial charge on any atom is -0.496 e. The minimum atomic E-state index is -0.654. The Balaban J connectivity index is 1.84. The molecule has 0 saturated carbocycles. The van der Waals surface area contributed by atoms with E-state index in [0.717, 1.165) is 40.1 Å². The Hall–Kier alpha value is -2.55. The Morgan fingerprint density at radius 1 is 1.33 bits per heavy atom. The third kappa shape index (κ3) is 4.61. The molecule has 0 aliphatic carbocycles. The summed E-state index contributed by atoms with van der Waals surface area (Å²) >= 11 is 3.45. The van der Waals surface area contributed by atoms with Crippen molar-refractivity contribution in [3.63, 3.8) is 0 Å². The summed E-state index contributed by atoms with van der Waals surface area (Å²) < 4.78 is 11.1. The summed E-state index contributed by atoms with van der Waals surface area (Å²) in [6.45, 7) is 4.41. The van der Waals surface area contributed by atoms with Crippen molar-refractivity contribution in [2.75, 3.05) is 20.8 Å². The van der Waals surface area contributed by atoms with E-state index in [0.29, 0.717) is 6.54 Å². The summed E-state index contributed by atoms with van der Waals surface area (Å²) in [5.74, 6) is 1.25. The number of aromatic amines is 1. The van der Waals surface area contributed by atoms with Gasteiger partial charge in [0.05, 0.1) is 32.2 Å². The fourth-order valence-electron chi connectivity index (χ4n) is 3.72. The molecule has 1 saturated heterocycles. The number of methoxy groups -OCH3 is 2. The lowest BCUT2D eigenvalue weighted by atomic mass is 10.0. The molecule has 1 aliphatic heterocycles. The Bertz CT molecular complexity index is 914. The number of carbonyl (C=O) groups is 2. The van der Waals surface area contributed by atoms with Crippen LogP contribution in [0.3, 0.4) is 0 Å². The van der Waals surface area contributed by atoms with E-state index in [1.54, 1.807) is 18.2 Å². The van der Waals surface area contributed by atoms with Crippen LogP contribution in [0.2, 0.25) is 0 Å². The van der Waals surface area contributed by atoms with E-state index in [2.05, 4.69) is 36.0 Å². The molecule has 1 aromatic carbocycles. The summed E-state index contributed by atoms with van der Waals surface area (Å²) in [6, 6.07) is 4.96. The number of amides is 2. The topological polar surface area (TPSA) is 96.6 Å². The number of alkyl carbamates (subject to hydrolysis) is 1. The van der Waals surface area contributed by atoms with Gasteiger partial charge >= 0.3 is 6.09 Å². The molecule has 2 heterocycles. The van der Waals surface area contributed by atoms with Crippen molar-refractivity contribution < 1.29 is 19.1 Å². The number of ether oxygens (including phenoxy) is 2. The third-order valence-corrected chi connectivity index (χ3v) is 5.79. The zero-order valence-corrected chi connectivity index (χ0v) is 19.2. The Morgan fingerprint density at radius 3 is 2.77 bits per heavy atom. The van der Waals surface area contributed by atoms with E-state index in [1.165, 1.54) is 7.11 Å². The van der Waals surface area contributed by atoms with Gasteiger partial charge in [0, 0.05) is 16.6 Å². The molecule has 2 atom stereocenters. The Kier molecular flexibility index (Phi) is 7.02. The summed E-state index contributed by atoms with van der Waals surface area (Å²) in [7, 11) is 2.91. The number of carbonyl (C=O) groups excluding carboxylic acids is 2. The summed E-state index contributed by atoms with van der Waals surface area (Å²) in [5, 5.41) is 2.66. The van der Waals surface area contributed by atoms with Crippen molar-refractivity contribution in [2.45, 2.75) is 38.8 Å². The molecule has 8 nitrogen and oxygen atoms in total. The molecule has 0 spiro atoms. The summed E-state index contributed by atoms with van der Waals surface area (Å²) in [5.41, 5.74) is 1.71. The predicted octanol–water partition coefficient (Wildman–Crippen LogP) is 3.89. The molecule has 1 aromatic heterocycles. The first-order valence-corrected chi connectivity index (χ1v) is 10.7. The molecule has 2 amide bonds. The van der Waals surface area contributed by atoms with E-state index in [9.17, 15) is 9.59 Å². The second kappa shape index (κ2) is 9.51. The molecular formula is C21H27BrN4O4. The number of aromatic nitrogens is 2. The van der Waals surface area contributed by atoms with Crippen molar-refractivity contribution >= 4 is 27.9 Å². The van der Waals surface area contributed by atoms with Gasteiger partial charge in [-0.25, -0.2) is 9.78 Å². The predicted molar refractivity (Wildman–Crippen MR) is 116 cm³/mol. The number of H-pyrrole nitrogens is 1. The van der Waals surface area contributed by atoms with Crippen LogP contribution in [0.15, 0.2) is 28.9 Å². The van der Waals surface area contributed by atoms with E-state index >= 15 is 0 Å². The first-order chi connectivity index (χ1) is 14.3. The summed E-state index contributed by atoms with van der Waals surface area (Å²) in [4.78, 5) is 34.6. The van der Waals surface area contributed by atoms with Crippen LogP contribution < -0.4 is 10.1 Å². The maximum atomic E-state index is 13.2. The average Bonchev–Trinajstić information content (AvgIpc) is 3.40. The van der Waals surface area contributed by atoms with Gasteiger partial charge in [0.25, 0.3) is 0 Å². The molecular weight excluding hydrogens is 452 g/mol. The SMILES string of the molecule is COC(=O)N[C@H](C(=O)N1CCC[C@H]1c1ncc(-c2ccc(Br)cc2OC)[nH]1)C(C)C. The largest absolute Gasteiger partial charge is 0.496 e. The monoisotopic (exact) mass is 478 g/mol. The molecule has 0 bridgehead atoms. The number of hydrogen-bond donors (Lipinski definition) is 2. The van der Waals surface area contributed by atoms with Crippen molar-refractivity contribution in [1.82, 2.24) is 20.2 Å². The van der Waals surface area contributed by atoms with Gasteiger partial charge in [-0.3, -0.25) is 4.79 Å². The normalized spacial score (nSPS) is 17.1. The van der Waals surface area contributed by atoms with Crippen LogP contribution in [-0.4, -0.2) is 53.7 Å². The Labute approximate surface area is 184 Å². The lowest BCUT2D eigenvalue weighted by Crippen LogP contribution is -2.51. The average molecular weight is 479 g/mol. The van der Waals surface area contributed by atoms with Gasteiger partial charge in [-0.15, -0.1) is 0 Å². The van der Waals surface area contributed by atoms with Crippen LogP contribution in [0.4, 0.5) is 4.79 Å². The number of nitrogens with zero attached hydrogens (tertiary/aromatic N) is 2. The van der Waals surface area contributed by atoms with Crippen molar-refractivity contribution in [3.8, 4) is 17.0 Å². The van der Waals surface area contributed by atoms with E-state index < -0.39 is 12.1 Å². The standard InChI is InChI=1S/C21H27BrN4O4/c1-12(2)18(25-21(28)30-4)20(27)26-9-5-6-16(26)19-23-11-15(24-19)14-8-7-13(22)10-17(14)29-3/h7-8,10-12,16,18H,5-6,9H2,1-4H3,(H,23,24)(H,25,28)/t16-,18-/m0/s1. The maximum Gasteiger partial charge on any atom is 0.407 e. The first kappa shape index (κ1) is 22.1. The van der Waals surface area contributed by atoms with Crippen LogP contribution >= 0.6 is 15.9 Å². The highest BCUT2D eigenvalue weighted by molar-refractivity contribution is 9.10. The highest BCUT2D eigenvalue weighted by atomic mass is 79.9. The van der Waals surface area contributed by atoms with Crippen molar-refractivity contribution in [3.05, 3.63) is 34.7 Å². The van der Waals surface area contributed by atoms with Gasteiger partial charge in [-0.1, -0.05) is 29.8 Å². The summed E-state index contributed by atoms with van der Waals surface area (Å²) in [6.07, 6.45) is 2.82. The smallest absolute Gasteiger partial charge is 0.407 e. The zero-order valence-electron chi connectivity index (χ0n) is 17.6. The highest BCUT2D eigenvalue weighted by Gasteiger charge is 2.37. The van der Waals surface area contributed by atoms with Crippen molar-refractivity contribution in [2.24, 2.45) is 5.92 Å². The second-order valence-corrected chi connectivity index (χ2v) is 8.49. The lowest BCUT2D eigenvalue weighted by molar-refractivity contribution is -0.135. The van der Waals surface area contributed by atoms with Gasteiger partial charge in [0.2, 0.25) is 5.91 Å². The van der Waals surface area contributed by atoms with E-state index in [-0.39, 0.29) is 17.9 Å². The number of benzene rings is 1. The van der Waals surface area contributed by atoms with E-state index in [4.69, 9.17) is 4.74 Å². The lowest BCUT2D eigenvalue weighted by Gasteiger charge is -2.30. The quantitative estimate of drug-likeness (QED) is 0.656. The van der Waals surface area contributed by atoms with Crippen LogP contribution in [0.1, 0.15) is 38.6 Å². The van der Waals surface area contributed by atoms with Crippen LogP contribution in [0, 0.1) is 5.92 Å². The van der Waals surface area contributed by atoms with Gasteiger partial charge in [-0.05, 0) is 37.0 Å². The second-order valence-electron chi connectivity index (χ2n) is 7.57. The Morgan fingerprint density at radius 2 is 2.10 bits per heavy atom. The van der Waals surface area contributed by atoms with Gasteiger partial charge in [0.1, 0.15) is 17.6 Å². The molecule has 1 fully saturated rings. The number of halogens is 1. The molecule has 30 heavy (non-hydrogen) atoms. The number of likely N-dealkylation sites (tertiary alicyclic amines) is 1. The van der Waals surface area contributed by atoms with E-state index in [1.807, 2.05) is 32.0 Å². The number of hydrogen-bond acceptors (Lipinski definition) is 5. The highest BCUT2D eigenvalue weighted by Crippen LogP contribution is 2.35. The van der Waals surface area contributed by atoms with Crippen LogP contribution in [0.5, 0.6) is 5.75 Å². The molecule has 0 radical (unpaired) electrons. The van der Waals surface area contributed by atoms with Gasteiger partial charge < -0.3 is 24.7 Å². The zero-order chi connectivity index (χ0) is 21.8.